The topological polar surface area (TPSA) is 12.5 Å². The molecule has 1 heteroatoms. The zero-order chi connectivity index (χ0) is 7.85. The third kappa shape index (κ3) is 0.618. The van der Waals surface area contributed by atoms with Crippen LogP contribution in [0.2, 0.25) is 0 Å². The number of epoxide rings is 1. The molecule has 0 N–H and O–H groups in total. The first kappa shape index (κ1) is 6.47. The van der Waals surface area contributed by atoms with Gasteiger partial charge in [-0.1, -0.05) is 13.8 Å². The molecule has 0 aromatic carbocycles. The first-order valence-corrected chi connectivity index (χ1v) is 4.72. The Bertz CT molecular complexity index is 221. The lowest BCUT2D eigenvalue weighted by molar-refractivity contribution is 0.282. The van der Waals surface area contributed by atoms with Gasteiger partial charge in [0.15, 0.2) is 0 Å². The Kier molecular flexibility index (Phi) is 0.820. The van der Waals surface area contributed by atoms with Crippen LogP contribution in [-0.2, 0) is 4.74 Å². The highest BCUT2D eigenvalue weighted by Gasteiger charge is 2.70. The summed E-state index contributed by atoms with van der Waals surface area (Å²) in [5, 5.41) is 0. The number of ether oxygens (including phenoxy) is 1. The fourth-order valence-corrected chi connectivity index (χ4v) is 3.17. The van der Waals surface area contributed by atoms with Crippen molar-refractivity contribution in [3.8, 4) is 0 Å². The first-order valence-electron chi connectivity index (χ1n) is 4.72. The highest BCUT2D eigenvalue weighted by Crippen LogP contribution is 2.70. The molecule has 1 aliphatic heterocycles. The van der Waals surface area contributed by atoms with Crippen LogP contribution in [0.25, 0.3) is 0 Å². The summed E-state index contributed by atoms with van der Waals surface area (Å²) in [5.74, 6) is 1.97. The quantitative estimate of drug-likeness (QED) is 0.485. The van der Waals surface area contributed by atoms with E-state index in [0.717, 1.165) is 11.8 Å². The minimum Gasteiger partial charge on any atom is -0.366 e. The van der Waals surface area contributed by atoms with E-state index in [9.17, 15) is 0 Å². The van der Waals surface area contributed by atoms with Crippen molar-refractivity contribution in [3.63, 3.8) is 0 Å². The second kappa shape index (κ2) is 1.39. The van der Waals surface area contributed by atoms with Crippen LogP contribution in [0.15, 0.2) is 0 Å². The normalized spacial score (nSPS) is 63.0. The Balaban J connectivity index is 1.85. The molecular formula is C10H16O. The zero-order valence-corrected chi connectivity index (χ0v) is 7.55. The van der Waals surface area contributed by atoms with Gasteiger partial charge in [0.25, 0.3) is 0 Å². The number of hydrogen-bond donors (Lipinski definition) is 0. The van der Waals surface area contributed by atoms with Crippen molar-refractivity contribution in [3.05, 3.63) is 0 Å². The van der Waals surface area contributed by atoms with E-state index in [4.69, 9.17) is 4.74 Å². The van der Waals surface area contributed by atoms with Gasteiger partial charge in [0.1, 0.15) is 0 Å². The second-order valence-corrected chi connectivity index (χ2v) is 5.39. The van der Waals surface area contributed by atoms with Crippen molar-refractivity contribution in [1.29, 1.82) is 0 Å². The maximum absolute atomic E-state index is 5.66. The van der Waals surface area contributed by atoms with Crippen LogP contribution in [0.4, 0.5) is 0 Å². The van der Waals surface area contributed by atoms with Crippen LogP contribution >= 0.6 is 0 Å². The lowest BCUT2D eigenvalue weighted by Crippen LogP contribution is -2.16. The molecule has 4 atom stereocenters. The molecule has 1 nitrogen and oxygen atoms in total. The minimum absolute atomic E-state index is 0.314. The van der Waals surface area contributed by atoms with Crippen molar-refractivity contribution < 1.29 is 4.74 Å². The molecule has 3 fully saturated rings. The fraction of sp³-hybridized carbons (Fsp3) is 1.00. The average molecular weight is 152 g/mol. The van der Waals surface area contributed by atoms with Crippen molar-refractivity contribution in [2.75, 3.05) is 0 Å². The zero-order valence-electron chi connectivity index (χ0n) is 7.55. The molecule has 0 bridgehead atoms. The lowest BCUT2D eigenvalue weighted by Gasteiger charge is -2.09. The fourth-order valence-electron chi connectivity index (χ4n) is 3.17. The third-order valence-corrected chi connectivity index (χ3v) is 4.42. The minimum atomic E-state index is 0.314. The summed E-state index contributed by atoms with van der Waals surface area (Å²) in [4.78, 5) is 0. The van der Waals surface area contributed by atoms with Crippen LogP contribution < -0.4 is 0 Å². The summed E-state index contributed by atoms with van der Waals surface area (Å²) in [7, 11) is 0. The summed E-state index contributed by atoms with van der Waals surface area (Å²) in [6.45, 7) is 7.11. The van der Waals surface area contributed by atoms with Crippen LogP contribution in [0.5, 0.6) is 0 Å². The van der Waals surface area contributed by atoms with Crippen LogP contribution in [-0.4, -0.2) is 11.7 Å². The summed E-state index contributed by atoms with van der Waals surface area (Å²) in [5.41, 5.74) is 0.967. The van der Waals surface area contributed by atoms with E-state index >= 15 is 0 Å². The average Bonchev–Trinajstić information content (AvgIpc) is 2.68. The molecule has 0 spiro atoms. The predicted octanol–water partition coefficient (Wildman–Crippen LogP) is 2.21. The number of rotatable bonds is 0. The first-order chi connectivity index (χ1) is 5.04. The molecule has 1 saturated heterocycles. The molecule has 0 aromatic heterocycles. The standard InChI is InChI=1S/C10H16O/c1-9(2)6-4-8-10(3,11-8)5-7(6)9/h6-8H,4-5H2,1-3H3/t6-,7-,8+,10+/m1/s1. The largest absolute Gasteiger partial charge is 0.366 e. The van der Waals surface area contributed by atoms with E-state index in [-0.39, 0.29) is 0 Å². The monoisotopic (exact) mass is 152 g/mol. The van der Waals surface area contributed by atoms with Gasteiger partial charge in [-0.3, -0.25) is 0 Å². The van der Waals surface area contributed by atoms with Gasteiger partial charge in [0.05, 0.1) is 11.7 Å². The summed E-state index contributed by atoms with van der Waals surface area (Å²) >= 11 is 0. The molecule has 3 rings (SSSR count). The SMILES string of the molecule is CC1(C)[C@@H]2C[C@@H]3O[C@@]3(C)C[C@H]21. The lowest BCUT2D eigenvalue weighted by atomic mass is 9.91. The van der Waals surface area contributed by atoms with Crippen molar-refractivity contribution in [2.24, 2.45) is 17.3 Å². The molecule has 0 radical (unpaired) electrons. The molecule has 11 heavy (non-hydrogen) atoms. The Morgan fingerprint density at radius 2 is 1.91 bits per heavy atom. The Morgan fingerprint density at radius 1 is 1.18 bits per heavy atom. The highest BCUT2D eigenvalue weighted by molar-refractivity contribution is 5.18. The van der Waals surface area contributed by atoms with Crippen molar-refractivity contribution in [1.82, 2.24) is 0 Å². The van der Waals surface area contributed by atoms with E-state index in [2.05, 4.69) is 20.8 Å². The molecule has 62 valence electrons. The smallest absolute Gasteiger partial charge is 0.0923 e. The van der Waals surface area contributed by atoms with Crippen molar-refractivity contribution >= 4 is 0 Å². The number of fused-ring (bicyclic) bond motifs is 2. The maximum atomic E-state index is 5.66. The van der Waals surface area contributed by atoms with E-state index in [1.54, 1.807) is 0 Å². The Morgan fingerprint density at radius 3 is 2.55 bits per heavy atom. The van der Waals surface area contributed by atoms with Gasteiger partial charge >= 0.3 is 0 Å². The molecule has 0 unspecified atom stereocenters. The number of hydrogen-bond acceptors (Lipinski definition) is 1. The van der Waals surface area contributed by atoms with Gasteiger partial charge in [-0.2, -0.15) is 0 Å². The van der Waals surface area contributed by atoms with Gasteiger partial charge in [-0.25, -0.2) is 0 Å². The van der Waals surface area contributed by atoms with Crippen LogP contribution in [0.3, 0.4) is 0 Å². The molecule has 2 aliphatic carbocycles. The predicted molar refractivity (Wildman–Crippen MR) is 43.3 cm³/mol. The Labute approximate surface area is 68.1 Å². The third-order valence-electron chi connectivity index (χ3n) is 4.42. The molecular weight excluding hydrogens is 136 g/mol. The van der Waals surface area contributed by atoms with E-state index < -0.39 is 0 Å². The molecule has 3 aliphatic rings. The van der Waals surface area contributed by atoms with Gasteiger partial charge < -0.3 is 4.74 Å². The highest BCUT2D eigenvalue weighted by atomic mass is 16.6. The van der Waals surface area contributed by atoms with Crippen LogP contribution in [0, 0.1) is 17.3 Å². The van der Waals surface area contributed by atoms with Gasteiger partial charge in [0, 0.05) is 0 Å². The van der Waals surface area contributed by atoms with Gasteiger partial charge in [0.2, 0.25) is 0 Å². The maximum Gasteiger partial charge on any atom is 0.0923 e. The Hall–Kier alpha value is -0.0400. The molecule has 2 saturated carbocycles. The summed E-state index contributed by atoms with van der Waals surface area (Å²) < 4.78 is 5.66. The van der Waals surface area contributed by atoms with E-state index in [0.29, 0.717) is 17.1 Å². The van der Waals surface area contributed by atoms with Gasteiger partial charge in [-0.05, 0) is 37.0 Å². The molecule has 1 heterocycles. The van der Waals surface area contributed by atoms with E-state index in [1.165, 1.54) is 12.8 Å². The van der Waals surface area contributed by atoms with Crippen molar-refractivity contribution in [2.45, 2.75) is 45.3 Å². The summed E-state index contributed by atoms with van der Waals surface area (Å²) in [6, 6.07) is 0. The summed E-state index contributed by atoms with van der Waals surface area (Å²) in [6.07, 6.45) is 3.30. The second-order valence-electron chi connectivity index (χ2n) is 5.39. The van der Waals surface area contributed by atoms with E-state index in [1.807, 2.05) is 0 Å². The van der Waals surface area contributed by atoms with Crippen LogP contribution in [0.1, 0.15) is 33.6 Å². The van der Waals surface area contributed by atoms with Gasteiger partial charge in [-0.15, -0.1) is 0 Å². The molecule has 0 aromatic rings. The molecule has 0 amide bonds.